The first kappa shape index (κ1) is 12.3. The van der Waals surface area contributed by atoms with E-state index in [4.69, 9.17) is 4.74 Å². The zero-order valence-corrected chi connectivity index (χ0v) is 10.8. The summed E-state index contributed by atoms with van der Waals surface area (Å²) in [5.41, 5.74) is -0.0274. The average Bonchev–Trinajstić information content (AvgIpc) is 2.20. The van der Waals surface area contributed by atoms with E-state index in [1.165, 1.54) is 0 Å². The van der Waals surface area contributed by atoms with Crippen molar-refractivity contribution in [3.63, 3.8) is 0 Å². The van der Waals surface area contributed by atoms with Gasteiger partial charge < -0.3 is 9.84 Å². The number of aliphatic hydroxyl groups is 1. The van der Waals surface area contributed by atoms with Crippen LogP contribution in [0, 0.1) is 5.92 Å². The van der Waals surface area contributed by atoms with Crippen LogP contribution in [-0.2, 0) is 4.74 Å². The summed E-state index contributed by atoms with van der Waals surface area (Å²) in [4.78, 5) is 2.52. The van der Waals surface area contributed by atoms with Crippen LogP contribution in [-0.4, -0.2) is 47.4 Å². The smallest absolute Gasteiger partial charge is 0.0753 e. The van der Waals surface area contributed by atoms with Crippen LogP contribution < -0.4 is 0 Å². The molecule has 0 aromatic rings. The first-order valence-electron chi connectivity index (χ1n) is 6.54. The van der Waals surface area contributed by atoms with Crippen molar-refractivity contribution >= 4 is 0 Å². The number of nitrogens with zero attached hydrogens (tertiary/aromatic N) is 1. The second-order valence-corrected chi connectivity index (χ2v) is 6.09. The molecule has 0 spiro atoms. The van der Waals surface area contributed by atoms with E-state index in [1.807, 2.05) is 0 Å². The van der Waals surface area contributed by atoms with Gasteiger partial charge in [-0.15, -0.1) is 0 Å². The monoisotopic (exact) mass is 227 g/mol. The SMILES string of the molecule is CC1CCC(O)CC1N1CCOC(C)(C)C1. The van der Waals surface area contributed by atoms with Gasteiger partial charge in [0.25, 0.3) is 0 Å². The summed E-state index contributed by atoms with van der Waals surface area (Å²) < 4.78 is 5.74. The number of morpholine rings is 1. The van der Waals surface area contributed by atoms with Gasteiger partial charge in [0, 0.05) is 19.1 Å². The van der Waals surface area contributed by atoms with E-state index < -0.39 is 0 Å². The third kappa shape index (κ3) is 2.76. The zero-order valence-electron chi connectivity index (χ0n) is 10.8. The quantitative estimate of drug-likeness (QED) is 0.739. The molecular weight excluding hydrogens is 202 g/mol. The van der Waals surface area contributed by atoms with E-state index in [0.717, 1.165) is 39.0 Å². The molecule has 1 saturated carbocycles. The largest absolute Gasteiger partial charge is 0.393 e. The normalized spacial score (nSPS) is 40.9. The van der Waals surface area contributed by atoms with Crippen molar-refractivity contribution in [1.82, 2.24) is 4.90 Å². The van der Waals surface area contributed by atoms with Crippen LogP contribution in [0.25, 0.3) is 0 Å². The highest BCUT2D eigenvalue weighted by atomic mass is 16.5. The summed E-state index contributed by atoms with van der Waals surface area (Å²) in [5.74, 6) is 0.706. The van der Waals surface area contributed by atoms with Gasteiger partial charge in [-0.3, -0.25) is 4.90 Å². The van der Waals surface area contributed by atoms with Crippen molar-refractivity contribution in [1.29, 1.82) is 0 Å². The lowest BCUT2D eigenvalue weighted by Gasteiger charge is -2.46. The molecule has 1 aliphatic carbocycles. The van der Waals surface area contributed by atoms with Crippen molar-refractivity contribution in [3.8, 4) is 0 Å². The molecule has 94 valence electrons. The molecule has 3 heteroatoms. The standard InChI is InChI=1S/C13H25NO2/c1-10-4-5-11(15)8-12(10)14-6-7-16-13(2,3)9-14/h10-12,15H,4-9H2,1-3H3. The van der Waals surface area contributed by atoms with Gasteiger partial charge in [0.05, 0.1) is 18.3 Å². The van der Waals surface area contributed by atoms with Crippen LogP contribution in [0.1, 0.15) is 40.0 Å². The second kappa shape index (κ2) is 4.63. The third-order valence-corrected chi connectivity index (χ3v) is 4.05. The van der Waals surface area contributed by atoms with Crippen LogP contribution in [0.15, 0.2) is 0 Å². The Balaban J connectivity index is 1.99. The number of hydrogen-bond donors (Lipinski definition) is 1. The van der Waals surface area contributed by atoms with E-state index >= 15 is 0 Å². The zero-order chi connectivity index (χ0) is 11.8. The molecule has 16 heavy (non-hydrogen) atoms. The van der Waals surface area contributed by atoms with E-state index in [2.05, 4.69) is 25.7 Å². The van der Waals surface area contributed by atoms with Crippen LogP contribution in [0.3, 0.4) is 0 Å². The Bertz CT molecular complexity index is 242. The molecule has 1 aliphatic heterocycles. The van der Waals surface area contributed by atoms with E-state index in [9.17, 15) is 5.11 Å². The van der Waals surface area contributed by atoms with E-state index in [-0.39, 0.29) is 11.7 Å². The van der Waals surface area contributed by atoms with Crippen molar-refractivity contribution < 1.29 is 9.84 Å². The van der Waals surface area contributed by atoms with Crippen LogP contribution in [0.4, 0.5) is 0 Å². The molecule has 3 atom stereocenters. The van der Waals surface area contributed by atoms with Gasteiger partial charge in [0.2, 0.25) is 0 Å². The Labute approximate surface area is 98.8 Å². The van der Waals surface area contributed by atoms with Gasteiger partial charge in [-0.05, 0) is 39.0 Å². The van der Waals surface area contributed by atoms with Crippen molar-refractivity contribution in [3.05, 3.63) is 0 Å². The molecular formula is C13H25NO2. The molecule has 2 fully saturated rings. The minimum atomic E-state index is -0.0906. The van der Waals surface area contributed by atoms with Gasteiger partial charge >= 0.3 is 0 Å². The predicted octanol–water partition coefficient (Wildman–Crippen LogP) is 1.65. The fraction of sp³-hybridized carbons (Fsp3) is 1.00. The topological polar surface area (TPSA) is 32.7 Å². The maximum atomic E-state index is 9.80. The van der Waals surface area contributed by atoms with Gasteiger partial charge in [0.1, 0.15) is 0 Å². The molecule has 1 heterocycles. The Kier molecular flexibility index (Phi) is 3.57. The first-order chi connectivity index (χ1) is 7.48. The summed E-state index contributed by atoms with van der Waals surface area (Å²) >= 11 is 0. The Morgan fingerprint density at radius 2 is 2.06 bits per heavy atom. The Morgan fingerprint density at radius 1 is 1.31 bits per heavy atom. The number of hydrogen-bond acceptors (Lipinski definition) is 3. The first-order valence-corrected chi connectivity index (χ1v) is 6.54. The highest BCUT2D eigenvalue weighted by Crippen LogP contribution is 2.31. The Hall–Kier alpha value is -0.120. The summed E-state index contributed by atoms with van der Waals surface area (Å²) in [6, 6.07) is 0.548. The maximum absolute atomic E-state index is 9.80. The number of aliphatic hydroxyl groups excluding tert-OH is 1. The predicted molar refractivity (Wildman–Crippen MR) is 64.4 cm³/mol. The lowest BCUT2D eigenvalue weighted by atomic mass is 9.82. The molecule has 3 unspecified atom stereocenters. The Morgan fingerprint density at radius 3 is 2.75 bits per heavy atom. The maximum Gasteiger partial charge on any atom is 0.0753 e. The van der Waals surface area contributed by atoms with Crippen LogP contribution >= 0.6 is 0 Å². The minimum absolute atomic E-state index is 0.0274. The summed E-state index contributed by atoms with van der Waals surface area (Å²) in [6.07, 6.45) is 2.99. The number of rotatable bonds is 1. The molecule has 2 rings (SSSR count). The van der Waals surface area contributed by atoms with E-state index in [0.29, 0.717) is 12.0 Å². The fourth-order valence-electron chi connectivity index (χ4n) is 3.12. The van der Waals surface area contributed by atoms with Gasteiger partial charge in [-0.25, -0.2) is 0 Å². The number of ether oxygens (including phenoxy) is 1. The molecule has 0 bridgehead atoms. The summed E-state index contributed by atoms with van der Waals surface area (Å²) in [5, 5.41) is 9.80. The third-order valence-electron chi connectivity index (χ3n) is 4.05. The summed E-state index contributed by atoms with van der Waals surface area (Å²) in [7, 11) is 0. The second-order valence-electron chi connectivity index (χ2n) is 6.09. The molecule has 2 aliphatic rings. The molecule has 1 N–H and O–H groups in total. The van der Waals surface area contributed by atoms with Gasteiger partial charge in [-0.1, -0.05) is 6.92 Å². The lowest BCUT2D eigenvalue weighted by molar-refractivity contribution is -0.111. The average molecular weight is 227 g/mol. The van der Waals surface area contributed by atoms with E-state index in [1.54, 1.807) is 0 Å². The molecule has 0 aromatic carbocycles. The van der Waals surface area contributed by atoms with Crippen LogP contribution in [0.5, 0.6) is 0 Å². The summed E-state index contributed by atoms with van der Waals surface area (Å²) in [6.45, 7) is 9.47. The lowest BCUT2D eigenvalue weighted by Crippen LogP contribution is -2.55. The highest BCUT2D eigenvalue weighted by molar-refractivity contribution is 4.89. The van der Waals surface area contributed by atoms with Gasteiger partial charge in [-0.2, -0.15) is 0 Å². The van der Waals surface area contributed by atoms with Crippen molar-refractivity contribution in [2.45, 2.75) is 57.8 Å². The highest BCUT2D eigenvalue weighted by Gasteiger charge is 2.36. The fourth-order valence-corrected chi connectivity index (χ4v) is 3.12. The molecule has 0 amide bonds. The minimum Gasteiger partial charge on any atom is -0.393 e. The van der Waals surface area contributed by atoms with Crippen LogP contribution in [0.2, 0.25) is 0 Å². The van der Waals surface area contributed by atoms with Crippen molar-refractivity contribution in [2.24, 2.45) is 5.92 Å². The molecule has 0 aromatic heterocycles. The molecule has 0 radical (unpaired) electrons. The van der Waals surface area contributed by atoms with Gasteiger partial charge in [0.15, 0.2) is 0 Å². The molecule has 1 saturated heterocycles. The van der Waals surface area contributed by atoms with Crippen molar-refractivity contribution in [2.75, 3.05) is 19.7 Å². The molecule has 3 nitrogen and oxygen atoms in total.